The van der Waals surface area contributed by atoms with Gasteiger partial charge in [0.05, 0.1) is 17.7 Å². The zero-order valence-electron chi connectivity index (χ0n) is 25.7. The summed E-state index contributed by atoms with van der Waals surface area (Å²) in [5.74, 6) is -6.59. The molecule has 1 aromatic heterocycles. The van der Waals surface area contributed by atoms with Crippen molar-refractivity contribution < 1.29 is 37.0 Å². The largest absolute Gasteiger partial charge is 0.493 e. The van der Waals surface area contributed by atoms with Crippen LogP contribution >= 0.6 is 0 Å². The number of carboxylic acid groups (broad SMARTS) is 1. The Balaban J connectivity index is 1.17. The van der Waals surface area contributed by atoms with Gasteiger partial charge in [-0.1, -0.05) is 36.8 Å². The molecule has 2 bridgehead atoms. The lowest BCUT2D eigenvalue weighted by molar-refractivity contribution is -0.149. The number of ketones is 1. The van der Waals surface area contributed by atoms with E-state index in [2.05, 4.69) is 5.32 Å². The molecule has 4 aromatic rings. The number of fused-ring (bicyclic) bond motifs is 2. The SMILES string of the molecule is Nc1c(C(=O)c2ccc(F)cc2F)ccc(=O)n1-c1c(F)cc(OCCCN[C@@](C(=O)O)(c2ccccc2)C2CC3CCC2C3)cc1F. The van der Waals surface area contributed by atoms with Crippen molar-refractivity contribution in [1.29, 1.82) is 0 Å². The first-order chi connectivity index (χ1) is 23.0. The summed E-state index contributed by atoms with van der Waals surface area (Å²) in [4.78, 5) is 38.6. The van der Waals surface area contributed by atoms with Crippen LogP contribution in [0.25, 0.3) is 5.69 Å². The van der Waals surface area contributed by atoms with Crippen LogP contribution < -0.4 is 21.3 Å². The minimum atomic E-state index is -1.29. The van der Waals surface area contributed by atoms with Crippen molar-refractivity contribution in [2.45, 2.75) is 37.6 Å². The fraction of sp³-hybridized carbons (Fsp3) is 0.306. The van der Waals surface area contributed by atoms with Crippen LogP contribution in [0.1, 0.15) is 53.6 Å². The van der Waals surface area contributed by atoms with Crippen LogP contribution in [0.5, 0.6) is 5.75 Å². The number of nitrogens with zero attached hydrogens (tertiary/aromatic N) is 1. The van der Waals surface area contributed by atoms with Crippen LogP contribution in [0, 0.1) is 41.0 Å². The summed E-state index contributed by atoms with van der Waals surface area (Å²) >= 11 is 0. The van der Waals surface area contributed by atoms with Crippen LogP contribution in [-0.2, 0) is 10.3 Å². The first-order valence-electron chi connectivity index (χ1n) is 15.7. The Morgan fingerprint density at radius 3 is 2.25 bits per heavy atom. The van der Waals surface area contributed by atoms with E-state index in [1.807, 2.05) is 30.3 Å². The number of benzene rings is 3. The van der Waals surface area contributed by atoms with E-state index in [4.69, 9.17) is 10.5 Å². The lowest BCUT2D eigenvalue weighted by Gasteiger charge is -2.41. The number of halogens is 4. The summed E-state index contributed by atoms with van der Waals surface area (Å²) < 4.78 is 64.5. The quantitative estimate of drug-likeness (QED) is 0.0968. The normalized spacial score (nSPS) is 19.6. The zero-order valence-corrected chi connectivity index (χ0v) is 25.7. The third kappa shape index (κ3) is 5.96. The Morgan fingerprint density at radius 1 is 0.917 bits per heavy atom. The molecule has 12 heteroatoms. The molecule has 250 valence electrons. The number of pyridine rings is 1. The number of carboxylic acids is 1. The van der Waals surface area contributed by atoms with E-state index in [1.165, 1.54) is 0 Å². The number of nitrogens with one attached hydrogen (secondary N) is 1. The molecule has 3 aromatic carbocycles. The lowest BCUT2D eigenvalue weighted by Crippen LogP contribution is -2.56. The van der Waals surface area contributed by atoms with Gasteiger partial charge in [-0.25, -0.2) is 22.4 Å². The summed E-state index contributed by atoms with van der Waals surface area (Å²) in [5.41, 5.74) is 2.60. The van der Waals surface area contributed by atoms with Crippen molar-refractivity contribution in [1.82, 2.24) is 9.88 Å². The third-order valence-corrected chi connectivity index (χ3v) is 9.62. The minimum absolute atomic E-state index is 0.0122. The molecule has 2 fully saturated rings. The number of nitrogen functional groups attached to an aromatic ring is 1. The Hall–Kier alpha value is -4.97. The second-order valence-corrected chi connectivity index (χ2v) is 12.4. The summed E-state index contributed by atoms with van der Waals surface area (Å²) in [5, 5.41) is 13.9. The van der Waals surface area contributed by atoms with E-state index < -0.39 is 68.8 Å². The van der Waals surface area contributed by atoms with Crippen molar-refractivity contribution >= 4 is 17.6 Å². The van der Waals surface area contributed by atoms with Crippen LogP contribution in [0.3, 0.4) is 0 Å². The molecule has 0 aliphatic heterocycles. The molecule has 4 N–H and O–H groups in total. The van der Waals surface area contributed by atoms with Crippen molar-refractivity contribution in [3.63, 3.8) is 0 Å². The maximum absolute atomic E-state index is 15.4. The standard InChI is InChI=1S/C36H33F4N3O5/c37-23-9-10-25(28(38)17-23)33(45)26-11-12-31(44)43(34(26)41)32-29(39)18-24(19-30(32)40)48-14-4-13-42-36(35(46)47,22-5-2-1-3-6-22)27-16-20-7-8-21(27)15-20/h1-3,5-6,9-12,17-21,27,42H,4,7-8,13-16,41H2,(H,46,47)/t20?,21?,27?,36-/m0/s1. The maximum atomic E-state index is 15.4. The van der Waals surface area contributed by atoms with Gasteiger partial charge >= 0.3 is 5.97 Å². The van der Waals surface area contributed by atoms with Gasteiger partial charge in [-0.05, 0) is 73.7 Å². The highest BCUT2D eigenvalue weighted by atomic mass is 19.1. The average Bonchev–Trinajstić information content (AvgIpc) is 3.69. The Bertz CT molecular complexity index is 1910. The van der Waals surface area contributed by atoms with Crippen molar-refractivity contribution in [3.8, 4) is 11.4 Å². The lowest BCUT2D eigenvalue weighted by atomic mass is 9.70. The Morgan fingerprint density at radius 2 is 1.62 bits per heavy atom. The number of aliphatic carboxylic acids is 1. The molecule has 8 nitrogen and oxygen atoms in total. The monoisotopic (exact) mass is 663 g/mol. The topological polar surface area (TPSA) is 124 Å². The number of anilines is 1. The number of carbonyl (C=O) groups excluding carboxylic acids is 1. The molecule has 2 saturated carbocycles. The van der Waals surface area contributed by atoms with Gasteiger partial charge in [0, 0.05) is 24.3 Å². The average molecular weight is 664 g/mol. The highest BCUT2D eigenvalue weighted by Crippen LogP contribution is 2.54. The van der Waals surface area contributed by atoms with E-state index in [-0.39, 0.29) is 24.8 Å². The maximum Gasteiger partial charge on any atom is 0.328 e. The van der Waals surface area contributed by atoms with Crippen LogP contribution in [0.15, 0.2) is 77.6 Å². The molecule has 3 unspecified atom stereocenters. The third-order valence-electron chi connectivity index (χ3n) is 9.62. The number of ether oxygens (including phenoxy) is 1. The van der Waals surface area contributed by atoms with Gasteiger partial charge in [-0.3, -0.25) is 19.5 Å². The molecular weight excluding hydrogens is 630 g/mol. The molecule has 4 atom stereocenters. The van der Waals surface area contributed by atoms with E-state index in [0.29, 0.717) is 34.5 Å². The smallest absolute Gasteiger partial charge is 0.328 e. The van der Waals surface area contributed by atoms with Crippen LogP contribution in [0.4, 0.5) is 23.4 Å². The van der Waals surface area contributed by atoms with Gasteiger partial charge in [0.25, 0.3) is 5.56 Å². The van der Waals surface area contributed by atoms with E-state index >= 15 is 8.78 Å². The summed E-state index contributed by atoms with van der Waals surface area (Å²) in [7, 11) is 0. The van der Waals surface area contributed by atoms with Gasteiger partial charge in [-0.2, -0.15) is 0 Å². The van der Waals surface area contributed by atoms with Gasteiger partial charge in [0.15, 0.2) is 17.4 Å². The molecule has 0 spiro atoms. The van der Waals surface area contributed by atoms with Crippen LogP contribution in [-0.4, -0.2) is 34.6 Å². The predicted molar refractivity (Wildman–Crippen MR) is 169 cm³/mol. The van der Waals surface area contributed by atoms with Crippen molar-refractivity contribution in [2.24, 2.45) is 17.8 Å². The second kappa shape index (κ2) is 13.3. The fourth-order valence-electron chi connectivity index (χ4n) is 7.46. The molecule has 0 saturated heterocycles. The number of nitrogens with two attached hydrogens (primary N) is 1. The molecule has 48 heavy (non-hydrogen) atoms. The zero-order chi connectivity index (χ0) is 34.2. The first-order valence-corrected chi connectivity index (χ1v) is 15.7. The second-order valence-electron chi connectivity index (χ2n) is 12.4. The minimum Gasteiger partial charge on any atom is -0.493 e. The molecular formula is C36H33F4N3O5. The highest BCUT2D eigenvalue weighted by molar-refractivity contribution is 6.11. The van der Waals surface area contributed by atoms with Gasteiger partial charge in [-0.15, -0.1) is 0 Å². The van der Waals surface area contributed by atoms with E-state index in [9.17, 15) is 28.3 Å². The summed E-state index contributed by atoms with van der Waals surface area (Å²) in [6, 6.07) is 14.9. The first kappa shape index (κ1) is 33.0. The Kier molecular flexibility index (Phi) is 9.11. The van der Waals surface area contributed by atoms with E-state index in [1.54, 1.807) is 0 Å². The molecule has 0 amide bonds. The molecule has 2 aliphatic carbocycles. The number of carbonyl (C=O) groups is 2. The molecule has 1 heterocycles. The number of hydrogen-bond donors (Lipinski definition) is 3. The number of aromatic nitrogens is 1. The molecule has 2 aliphatic rings. The van der Waals surface area contributed by atoms with Gasteiger partial charge in [0.2, 0.25) is 0 Å². The van der Waals surface area contributed by atoms with Crippen LogP contribution in [0.2, 0.25) is 0 Å². The summed E-state index contributed by atoms with van der Waals surface area (Å²) in [6.07, 6.45) is 4.28. The predicted octanol–water partition coefficient (Wildman–Crippen LogP) is 5.98. The van der Waals surface area contributed by atoms with Gasteiger partial charge < -0.3 is 15.6 Å². The molecule has 6 rings (SSSR count). The van der Waals surface area contributed by atoms with Gasteiger partial charge in [0.1, 0.15) is 34.4 Å². The van der Waals surface area contributed by atoms with Crippen molar-refractivity contribution in [3.05, 3.63) is 123 Å². The number of rotatable bonds is 12. The van der Waals surface area contributed by atoms with Crippen molar-refractivity contribution in [2.75, 3.05) is 18.9 Å². The van der Waals surface area contributed by atoms with E-state index in [0.717, 1.165) is 62.1 Å². The summed E-state index contributed by atoms with van der Waals surface area (Å²) in [6.45, 7) is 0.237. The molecule has 0 radical (unpaired) electrons. The number of hydrogen-bond acceptors (Lipinski definition) is 6. The Labute approximate surface area is 273 Å². The fourth-order valence-corrected chi connectivity index (χ4v) is 7.46. The highest BCUT2D eigenvalue weighted by Gasteiger charge is 2.55.